The molecular weight excluding hydrogens is 269 g/mol. The molecule has 0 amide bonds. The van der Waals surface area contributed by atoms with Crippen LogP contribution in [0.4, 0.5) is 0 Å². The molecule has 0 bridgehead atoms. The third-order valence-electron chi connectivity index (χ3n) is 1.79. The number of hydrogen-bond donors (Lipinski definition) is 2. The van der Waals surface area contributed by atoms with Crippen molar-refractivity contribution in [2.75, 3.05) is 13.7 Å². The van der Waals surface area contributed by atoms with Crippen molar-refractivity contribution in [2.45, 2.75) is 6.04 Å². The van der Waals surface area contributed by atoms with Gasteiger partial charge in [-0.1, -0.05) is 22.0 Å². The molecule has 3 N–H and O–H groups in total. The van der Waals surface area contributed by atoms with Gasteiger partial charge in [-0.15, -0.1) is 12.4 Å². The van der Waals surface area contributed by atoms with Gasteiger partial charge in [-0.05, 0) is 12.1 Å². The summed E-state index contributed by atoms with van der Waals surface area (Å²) in [5.74, 6) is 0.691. The number of nitrogens with two attached hydrogens (primary N) is 1. The van der Waals surface area contributed by atoms with Gasteiger partial charge in [0, 0.05) is 10.0 Å². The maximum Gasteiger partial charge on any atom is 0.124 e. The summed E-state index contributed by atoms with van der Waals surface area (Å²) in [6.45, 7) is -0.0853. The van der Waals surface area contributed by atoms with Crippen molar-refractivity contribution < 1.29 is 9.84 Å². The fourth-order valence-electron chi connectivity index (χ4n) is 1.09. The van der Waals surface area contributed by atoms with Crippen molar-refractivity contribution in [3.8, 4) is 5.75 Å². The quantitative estimate of drug-likeness (QED) is 0.890. The van der Waals surface area contributed by atoms with Crippen molar-refractivity contribution in [1.29, 1.82) is 0 Å². The number of methoxy groups -OCH3 is 1. The van der Waals surface area contributed by atoms with Crippen LogP contribution in [0, 0.1) is 0 Å². The maximum atomic E-state index is 8.89. The van der Waals surface area contributed by atoms with Crippen LogP contribution in [0.2, 0.25) is 0 Å². The second-order valence-electron chi connectivity index (χ2n) is 2.68. The van der Waals surface area contributed by atoms with E-state index in [1.807, 2.05) is 18.2 Å². The fourth-order valence-corrected chi connectivity index (χ4v) is 1.43. The molecule has 0 aliphatic heterocycles. The Morgan fingerprint density at radius 1 is 1.57 bits per heavy atom. The van der Waals surface area contributed by atoms with E-state index in [4.69, 9.17) is 15.6 Å². The smallest absolute Gasteiger partial charge is 0.124 e. The first kappa shape index (κ1) is 13.7. The Labute approximate surface area is 97.8 Å². The van der Waals surface area contributed by atoms with Gasteiger partial charge in [0.25, 0.3) is 0 Å². The van der Waals surface area contributed by atoms with Crippen LogP contribution in [0.25, 0.3) is 0 Å². The lowest BCUT2D eigenvalue weighted by atomic mass is 10.1. The summed E-state index contributed by atoms with van der Waals surface area (Å²) in [4.78, 5) is 0. The number of hydrogen-bond acceptors (Lipinski definition) is 3. The summed E-state index contributed by atoms with van der Waals surface area (Å²) in [6.07, 6.45) is 0. The van der Waals surface area contributed by atoms with Gasteiger partial charge in [-0.2, -0.15) is 0 Å². The molecule has 1 aromatic rings. The summed E-state index contributed by atoms with van der Waals surface area (Å²) in [6, 6.07) is 5.14. The zero-order valence-corrected chi connectivity index (χ0v) is 10.1. The average Bonchev–Trinajstić information content (AvgIpc) is 2.16. The van der Waals surface area contributed by atoms with E-state index in [1.165, 1.54) is 0 Å². The molecule has 3 nitrogen and oxygen atoms in total. The summed E-state index contributed by atoms with van der Waals surface area (Å²) < 4.78 is 6.06. The number of halogens is 2. The van der Waals surface area contributed by atoms with Gasteiger partial charge in [0.2, 0.25) is 0 Å². The summed E-state index contributed by atoms with van der Waals surface area (Å²) in [5, 5.41) is 8.89. The molecule has 0 saturated carbocycles. The lowest BCUT2D eigenvalue weighted by Gasteiger charge is -2.13. The normalized spacial score (nSPS) is 11.7. The molecule has 80 valence electrons. The molecule has 0 saturated heterocycles. The molecule has 1 atom stereocenters. The van der Waals surface area contributed by atoms with Gasteiger partial charge in [0.05, 0.1) is 19.8 Å². The van der Waals surface area contributed by atoms with Gasteiger partial charge in [-0.3, -0.25) is 0 Å². The minimum Gasteiger partial charge on any atom is -0.496 e. The molecule has 14 heavy (non-hydrogen) atoms. The topological polar surface area (TPSA) is 55.5 Å². The average molecular weight is 283 g/mol. The first-order valence-corrected chi connectivity index (χ1v) is 4.68. The summed E-state index contributed by atoms with van der Waals surface area (Å²) >= 11 is 3.32. The van der Waals surface area contributed by atoms with E-state index in [0.717, 1.165) is 10.0 Å². The highest BCUT2D eigenvalue weighted by atomic mass is 79.9. The summed E-state index contributed by atoms with van der Waals surface area (Å²) in [7, 11) is 1.58. The highest BCUT2D eigenvalue weighted by Crippen LogP contribution is 2.27. The third kappa shape index (κ3) is 3.13. The first-order chi connectivity index (χ1) is 6.19. The van der Waals surface area contributed by atoms with E-state index in [1.54, 1.807) is 7.11 Å². The van der Waals surface area contributed by atoms with Gasteiger partial charge in [0.15, 0.2) is 0 Å². The number of ether oxygens (including phenoxy) is 1. The fraction of sp³-hybridized carbons (Fsp3) is 0.333. The monoisotopic (exact) mass is 281 g/mol. The van der Waals surface area contributed by atoms with Gasteiger partial charge >= 0.3 is 0 Å². The molecule has 0 spiro atoms. The number of rotatable bonds is 3. The first-order valence-electron chi connectivity index (χ1n) is 3.89. The molecule has 1 unspecified atom stereocenters. The van der Waals surface area contributed by atoms with Crippen molar-refractivity contribution in [3.05, 3.63) is 28.2 Å². The second kappa shape index (κ2) is 6.24. The molecule has 0 heterocycles. The Hall–Kier alpha value is -0.290. The Balaban J connectivity index is 0.00000169. The van der Waals surface area contributed by atoms with Crippen LogP contribution in [-0.4, -0.2) is 18.8 Å². The predicted octanol–water partition coefficient (Wildman–Crippen LogP) is 1.87. The predicted molar refractivity (Wildman–Crippen MR) is 62.0 cm³/mol. The van der Waals surface area contributed by atoms with E-state index in [-0.39, 0.29) is 25.1 Å². The van der Waals surface area contributed by atoms with Crippen molar-refractivity contribution in [1.82, 2.24) is 0 Å². The largest absolute Gasteiger partial charge is 0.496 e. The Bertz CT molecular complexity index is 296. The number of benzene rings is 1. The molecule has 0 fully saturated rings. The van der Waals surface area contributed by atoms with E-state index in [9.17, 15) is 0 Å². The summed E-state index contributed by atoms with van der Waals surface area (Å²) in [5.41, 5.74) is 6.49. The number of aliphatic hydroxyl groups is 1. The molecule has 0 aliphatic carbocycles. The van der Waals surface area contributed by atoms with Crippen LogP contribution < -0.4 is 10.5 Å². The van der Waals surface area contributed by atoms with Gasteiger partial charge in [-0.25, -0.2) is 0 Å². The second-order valence-corrected chi connectivity index (χ2v) is 3.59. The van der Waals surface area contributed by atoms with Crippen LogP contribution in [-0.2, 0) is 0 Å². The van der Waals surface area contributed by atoms with Crippen molar-refractivity contribution in [2.24, 2.45) is 5.73 Å². The molecule has 0 aliphatic rings. The van der Waals surface area contributed by atoms with E-state index in [2.05, 4.69) is 15.9 Å². The van der Waals surface area contributed by atoms with Crippen LogP contribution in [0.1, 0.15) is 11.6 Å². The minimum absolute atomic E-state index is 0. The minimum atomic E-state index is -0.386. The third-order valence-corrected chi connectivity index (χ3v) is 2.28. The zero-order valence-electron chi connectivity index (χ0n) is 7.74. The highest BCUT2D eigenvalue weighted by Gasteiger charge is 2.10. The van der Waals surface area contributed by atoms with Crippen molar-refractivity contribution >= 4 is 28.3 Å². The van der Waals surface area contributed by atoms with Crippen LogP contribution >= 0.6 is 28.3 Å². The van der Waals surface area contributed by atoms with Crippen LogP contribution in [0.15, 0.2) is 22.7 Å². The Morgan fingerprint density at radius 3 is 2.71 bits per heavy atom. The highest BCUT2D eigenvalue weighted by molar-refractivity contribution is 9.10. The van der Waals surface area contributed by atoms with E-state index < -0.39 is 0 Å². The molecule has 1 aromatic carbocycles. The number of aliphatic hydroxyl groups excluding tert-OH is 1. The molecule has 0 radical (unpaired) electrons. The zero-order chi connectivity index (χ0) is 9.84. The lowest BCUT2D eigenvalue weighted by Crippen LogP contribution is -2.15. The Morgan fingerprint density at radius 2 is 2.21 bits per heavy atom. The lowest BCUT2D eigenvalue weighted by molar-refractivity contribution is 0.264. The van der Waals surface area contributed by atoms with Crippen LogP contribution in [0.3, 0.4) is 0 Å². The SMILES string of the molecule is COc1cc(Br)ccc1C(N)CO.Cl. The molecule has 1 rings (SSSR count). The molecule has 5 heteroatoms. The van der Waals surface area contributed by atoms with Gasteiger partial charge in [0.1, 0.15) is 5.75 Å². The van der Waals surface area contributed by atoms with E-state index in [0.29, 0.717) is 5.75 Å². The maximum absolute atomic E-state index is 8.89. The molecule has 0 aromatic heterocycles. The molecular formula is C9H13BrClNO2. The van der Waals surface area contributed by atoms with Crippen molar-refractivity contribution in [3.63, 3.8) is 0 Å². The standard InChI is InChI=1S/C9H12BrNO2.ClH/c1-13-9-4-6(10)2-3-7(9)8(11)5-12;/h2-4,8,12H,5,11H2,1H3;1H. The van der Waals surface area contributed by atoms with Gasteiger partial charge < -0.3 is 15.6 Å². The van der Waals surface area contributed by atoms with E-state index >= 15 is 0 Å². The Kier molecular flexibility index (Phi) is 6.11. The van der Waals surface area contributed by atoms with Crippen LogP contribution in [0.5, 0.6) is 5.75 Å².